The van der Waals surface area contributed by atoms with Crippen molar-refractivity contribution in [3.8, 4) is 0 Å². The lowest BCUT2D eigenvalue weighted by atomic mass is 10.2. The van der Waals surface area contributed by atoms with Crippen LogP contribution in [0.2, 0.25) is 0 Å². The van der Waals surface area contributed by atoms with Crippen molar-refractivity contribution in [1.29, 1.82) is 0 Å². The Morgan fingerprint density at radius 3 is 2.79 bits per heavy atom. The second-order valence-electron chi connectivity index (χ2n) is 5.25. The summed E-state index contributed by atoms with van der Waals surface area (Å²) in [6.07, 6.45) is 1.41. The van der Waals surface area contributed by atoms with E-state index in [2.05, 4.69) is 21.2 Å². The first-order valence-corrected chi connectivity index (χ1v) is 7.24. The number of β-amino-alcohol motifs (C(OH)–C–C–N with tert-alkyl or cyclic N) is 1. The minimum Gasteiger partial charge on any atom is -0.390 e. The molecule has 0 aromatic carbocycles. The lowest BCUT2D eigenvalue weighted by Gasteiger charge is -2.27. The largest absolute Gasteiger partial charge is 0.390 e. The van der Waals surface area contributed by atoms with E-state index in [9.17, 15) is 9.90 Å². The highest BCUT2D eigenvalue weighted by molar-refractivity contribution is 9.10. The highest BCUT2D eigenvalue weighted by atomic mass is 79.9. The van der Waals surface area contributed by atoms with E-state index in [1.54, 1.807) is 11.9 Å². The summed E-state index contributed by atoms with van der Waals surface area (Å²) < 4.78 is 2.83. The number of hydrogen-bond donors (Lipinski definition) is 2. The van der Waals surface area contributed by atoms with Crippen LogP contribution in [0.15, 0.2) is 16.7 Å². The van der Waals surface area contributed by atoms with Crippen LogP contribution in [0.5, 0.6) is 0 Å². The van der Waals surface area contributed by atoms with Crippen molar-refractivity contribution in [1.82, 2.24) is 14.8 Å². The molecule has 0 radical (unpaired) electrons. The molecule has 0 bridgehead atoms. The molecule has 2 atom stereocenters. The molecule has 1 aliphatic rings. The van der Waals surface area contributed by atoms with Crippen LogP contribution < -0.4 is 5.32 Å². The zero-order chi connectivity index (χ0) is 14.2. The Balaban J connectivity index is 2.24. The number of halogens is 1. The molecule has 2 rings (SSSR count). The predicted molar refractivity (Wildman–Crippen MR) is 77.3 cm³/mol. The molecule has 1 aromatic heterocycles. The van der Waals surface area contributed by atoms with E-state index in [-0.39, 0.29) is 18.0 Å². The van der Waals surface area contributed by atoms with E-state index in [1.807, 2.05) is 30.7 Å². The summed E-state index contributed by atoms with van der Waals surface area (Å²) in [5.41, 5.74) is 0.642. The molecule has 1 amide bonds. The first-order valence-electron chi connectivity index (χ1n) is 6.45. The van der Waals surface area contributed by atoms with Gasteiger partial charge < -0.3 is 19.9 Å². The second-order valence-corrected chi connectivity index (χ2v) is 6.17. The molecule has 1 aromatic rings. The average molecular weight is 330 g/mol. The van der Waals surface area contributed by atoms with Crippen LogP contribution in [0.25, 0.3) is 0 Å². The van der Waals surface area contributed by atoms with Crippen molar-refractivity contribution in [2.24, 2.45) is 0 Å². The molecular formula is C13H20BrN3O2. The van der Waals surface area contributed by atoms with Gasteiger partial charge in [-0.1, -0.05) is 0 Å². The summed E-state index contributed by atoms with van der Waals surface area (Å²) >= 11 is 3.41. The molecule has 1 saturated heterocycles. The molecular weight excluding hydrogens is 310 g/mol. The summed E-state index contributed by atoms with van der Waals surface area (Å²) in [5, 5.41) is 13.0. The van der Waals surface area contributed by atoms with Crippen molar-refractivity contribution in [3.63, 3.8) is 0 Å². The van der Waals surface area contributed by atoms with Gasteiger partial charge in [0.1, 0.15) is 5.69 Å². The number of rotatable bonds is 3. The van der Waals surface area contributed by atoms with Crippen LogP contribution in [-0.4, -0.2) is 52.8 Å². The molecule has 5 nitrogen and oxygen atoms in total. The monoisotopic (exact) mass is 329 g/mol. The Morgan fingerprint density at radius 2 is 2.26 bits per heavy atom. The van der Waals surface area contributed by atoms with Gasteiger partial charge in [-0.15, -0.1) is 0 Å². The lowest BCUT2D eigenvalue weighted by molar-refractivity contribution is 0.0570. The van der Waals surface area contributed by atoms with Gasteiger partial charge in [-0.05, 0) is 35.8 Å². The van der Waals surface area contributed by atoms with Gasteiger partial charge in [0.05, 0.1) is 12.1 Å². The highest BCUT2D eigenvalue weighted by Crippen LogP contribution is 2.21. The van der Waals surface area contributed by atoms with Crippen LogP contribution in [0.3, 0.4) is 0 Å². The molecule has 0 unspecified atom stereocenters. The first kappa shape index (κ1) is 14.6. The standard InChI is InChI=1S/C13H20BrN3O2/c1-8(2)17-7-9(14)4-10(17)13(19)16(3)11-5-15-6-12(11)18/h4,7-8,11-12,15,18H,5-6H2,1-3H3/t11-,12-/m1/s1. The molecule has 1 aliphatic heterocycles. The maximum atomic E-state index is 12.6. The average Bonchev–Trinajstić information content (AvgIpc) is 2.93. The summed E-state index contributed by atoms with van der Waals surface area (Å²) in [5.74, 6) is -0.0628. The Kier molecular flexibility index (Phi) is 4.32. The van der Waals surface area contributed by atoms with E-state index in [4.69, 9.17) is 0 Å². The van der Waals surface area contributed by atoms with Crippen LogP contribution in [0.4, 0.5) is 0 Å². The number of amides is 1. The number of aliphatic hydroxyl groups excluding tert-OH is 1. The van der Waals surface area contributed by atoms with Gasteiger partial charge in [-0.2, -0.15) is 0 Å². The molecule has 6 heteroatoms. The van der Waals surface area contributed by atoms with Crippen molar-refractivity contribution < 1.29 is 9.90 Å². The maximum absolute atomic E-state index is 12.6. The van der Waals surface area contributed by atoms with E-state index >= 15 is 0 Å². The van der Waals surface area contributed by atoms with Crippen molar-refractivity contribution in [3.05, 3.63) is 22.4 Å². The normalized spacial score (nSPS) is 23.1. The number of aliphatic hydroxyl groups is 1. The third kappa shape index (κ3) is 2.85. The topological polar surface area (TPSA) is 57.5 Å². The van der Waals surface area contributed by atoms with E-state index in [0.717, 1.165) is 4.47 Å². The van der Waals surface area contributed by atoms with Crippen LogP contribution in [-0.2, 0) is 0 Å². The quantitative estimate of drug-likeness (QED) is 0.877. The lowest BCUT2D eigenvalue weighted by Crippen LogP contribution is -2.44. The molecule has 1 fully saturated rings. The summed E-state index contributed by atoms with van der Waals surface area (Å²) in [7, 11) is 1.74. The van der Waals surface area contributed by atoms with Crippen molar-refractivity contribution in [2.45, 2.75) is 32.0 Å². The molecule has 0 aliphatic carbocycles. The third-order valence-corrected chi connectivity index (χ3v) is 3.99. The predicted octanol–water partition coefficient (Wildman–Crippen LogP) is 1.24. The summed E-state index contributed by atoms with van der Waals surface area (Å²) in [6.45, 7) is 5.24. The molecule has 2 N–H and O–H groups in total. The van der Waals surface area contributed by atoms with Gasteiger partial charge >= 0.3 is 0 Å². The first-order chi connectivity index (χ1) is 8.91. The Hall–Kier alpha value is -0.850. The number of carbonyl (C=O) groups excluding carboxylic acids is 1. The van der Waals surface area contributed by atoms with Gasteiger partial charge in [0, 0.05) is 36.8 Å². The van der Waals surface area contributed by atoms with Crippen LogP contribution in [0.1, 0.15) is 30.4 Å². The fourth-order valence-electron chi connectivity index (χ4n) is 2.42. The van der Waals surface area contributed by atoms with Gasteiger partial charge in [-0.3, -0.25) is 4.79 Å². The van der Waals surface area contributed by atoms with Crippen molar-refractivity contribution >= 4 is 21.8 Å². The van der Waals surface area contributed by atoms with E-state index in [0.29, 0.717) is 18.8 Å². The second kappa shape index (κ2) is 5.64. The Labute approximate surface area is 121 Å². The van der Waals surface area contributed by atoms with E-state index < -0.39 is 6.10 Å². The zero-order valence-electron chi connectivity index (χ0n) is 11.4. The Morgan fingerprint density at radius 1 is 1.58 bits per heavy atom. The fourth-order valence-corrected chi connectivity index (χ4v) is 2.86. The minimum absolute atomic E-state index is 0.0628. The van der Waals surface area contributed by atoms with Gasteiger partial charge in [0.15, 0.2) is 0 Å². The molecule has 0 saturated carbocycles. The van der Waals surface area contributed by atoms with Gasteiger partial charge in [0.25, 0.3) is 5.91 Å². The van der Waals surface area contributed by atoms with Crippen molar-refractivity contribution in [2.75, 3.05) is 20.1 Å². The SMILES string of the molecule is CC(C)n1cc(Br)cc1C(=O)N(C)[C@@H]1CNC[C@H]1O. The number of aromatic nitrogens is 1. The number of nitrogens with one attached hydrogen (secondary N) is 1. The molecule has 19 heavy (non-hydrogen) atoms. The molecule has 0 spiro atoms. The van der Waals surface area contributed by atoms with Gasteiger partial charge in [-0.25, -0.2) is 0 Å². The number of likely N-dealkylation sites (N-methyl/N-ethyl adjacent to an activating group) is 1. The fraction of sp³-hybridized carbons (Fsp3) is 0.615. The number of nitrogens with zero attached hydrogens (tertiary/aromatic N) is 2. The van der Waals surface area contributed by atoms with Crippen LogP contribution >= 0.6 is 15.9 Å². The number of carbonyl (C=O) groups is 1. The highest BCUT2D eigenvalue weighted by Gasteiger charge is 2.32. The van der Waals surface area contributed by atoms with Crippen LogP contribution in [0, 0.1) is 0 Å². The maximum Gasteiger partial charge on any atom is 0.270 e. The Bertz CT molecular complexity index is 472. The molecule has 2 heterocycles. The van der Waals surface area contributed by atoms with E-state index in [1.165, 1.54) is 0 Å². The smallest absolute Gasteiger partial charge is 0.270 e. The summed E-state index contributed by atoms with van der Waals surface area (Å²) in [6, 6.07) is 1.88. The minimum atomic E-state index is -0.500. The van der Waals surface area contributed by atoms with Gasteiger partial charge in [0.2, 0.25) is 0 Å². The molecule has 106 valence electrons. The number of hydrogen-bond acceptors (Lipinski definition) is 3. The zero-order valence-corrected chi connectivity index (χ0v) is 13.0. The third-order valence-electron chi connectivity index (χ3n) is 3.56. The summed E-state index contributed by atoms with van der Waals surface area (Å²) in [4.78, 5) is 14.2.